The average molecular weight is 254 g/mol. The lowest BCUT2D eigenvalue weighted by Crippen LogP contribution is -1.77. The van der Waals surface area contributed by atoms with Gasteiger partial charge in [-0.1, -0.05) is 60.2 Å². The number of hydrogen-bond acceptors (Lipinski definition) is 4. The predicted molar refractivity (Wildman–Crippen MR) is 73.4 cm³/mol. The molecule has 2 aromatic carbocycles. The minimum absolute atomic E-state index is 0.750. The fraction of sp³-hybridized carbons (Fsp3) is 0.0667. The first-order valence-corrected chi connectivity index (χ1v) is 5.39. The summed E-state index contributed by atoms with van der Waals surface area (Å²) >= 11 is 0. The van der Waals surface area contributed by atoms with Gasteiger partial charge in [0.05, 0.1) is 0 Å². The van der Waals surface area contributed by atoms with Crippen LogP contribution in [0.4, 0.5) is 0 Å². The van der Waals surface area contributed by atoms with Gasteiger partial charge < -0.3 is 0 Å². The van der Waals surface area contributed by atoms with Crippen molar-refractivity contribution in [2.45, 2.75) is 6.92 Å². The third-order valence-corrected chi connectivity index (χ3v) is 2.13. The Bertz CT molecular complexity index is 541. The summed E-state index contributed by atoms with van der Waals surface area (Å²) in [7, 11) is 0. The maximum Gasteiger partial charge on any atom is 0.231 e. The Kier molecular flexibility index (Phi) is 8.83. The molecule has 0 unspecified atom stereocenters. The smallest absolute Gasteiger partial charge is 0.222 e. The van der Waals surface area contributed by atoms with E-state index in [0.29, 0.717) is 0 Å². The largest absolute Gasteiger partial charge is 0.231 e. The monoisotopic (exact) mass is 254 g/mol. The standard InChI is InChI=1S/C13H12.2CHNO/c1-11-6-5-9-13(10-11)12-7-3-2-4-8-12;2*2-1-3/h2-10H,1H3;2*2H. The Morgan fingerprint density at radius 2 is 1.26 bits per heavy atom. The Labute approximate surface area is 111 Å². The van der Waals surface area contributed by atoms with Crippen LogP contribution in [-0.2, 0) is 9.59 Å². The fourth-order valence-corrected chi connectivity index (χ4v) is 1.46. The number of isocyanates is 2. The van der Waals surface area contributed by atoms with Crippen molar-refractivity contribution in [3.05, 3.63) is 60.2 Å². The first kappa shape index (κ1) is 16.2. The van der Waals surface area contributed by atoms with E-state index in [9.17, 15) is 0 Å². The Balaban J connectivity index is 0.000000465. The van der Waals surface area contributed by atoms with Gasteiger partial charge in [0, 0.05) is 0 Å². The van der Waals surface area contributed by atoms with Crippen molar-refractivity contribution in [1.29, 1.82) is 10.8 Å². The number of nitrogens with one attached hydrogen (secondary N) is 2. The van der Waals surface area contributed by atoms with Crippen molar-refractivity contribution in [3.8, 4) is 11.1 Å². The van der Waals surface area contributed by atoms with Gasteiger partial charge in [-0.15, -0.1) is 0 Å². The molecule has 4 nitrogen and oxygen atoms in total. The first-order valence-electron chi connectivity index (χ1n) is 5.39. The first-order chi connectivity index (χ1) is 9.19. The van der Waals surface area contributed by atoms with Crippen LogP contribution in [0.5, 0.6) is 0 Å². The van der Waals surface area contributed by atoms with E-state index < -0.39 is 0 Å². The maximum atomic E-state index is 8.35. The predicted octanol–water partition coefficient (Wildman–Crippen LogP) is 3.46. The molecular weight excluding hydrogens is 240 g/mol. The molecule has 0 aliphatic heterocycles. The van der Waals surface area contributed by atoms with Gasteiger partial charge in [-0.25, -0.2) is 20.4 Å². The lowest BCUT2D eigenvalue weighted by molar-refractivity contribution is 0.562. The van der Waals surface area contributed by atoms with Crippen molar-refractivity contribution < 1.29 is 9.59 Å². The van der Waals surface area contributed by atoms with Crippen LogP contribution in [0.15, 0.2) is 54.6 Å². The SMILES string of the molecule is Cc1cccc(-c2ccccc2)c1.N=C=O.N=C=O. The van der Waals surface area contributed by atoms with E-state index in [4.69, 9.17) is 20.4 Å². The molecule has 0 fully saturated rings. The second-order valence-electron chi connectivity index (χ2n) is 3.44. The van der Waals surface area contributed by atoms with Crippen molar-refractivity contribution in [2.24, 2.45) is 0 Å². The number of benzene rings is 2. The summed E-state index contributed by atoms with van der Waals surface area (Å²) in [4.78, 5) is 16.7. The van der Waals surface area contributed by atoms with Crippen LogP contribution in [-0.4, -0.2) is 12.2 Å². The fourth-order valence-electron chi connectivity index (χ4n) is 1.46. The third kappa shape index (κ3) is 7.18. The van der Waals surface area contributed by atoms with Crippen LogP contribution in [0, 0.1) is 17.7 Å². The molecule has 0 heterocycles. The molecule has 96 valence electrons. The molecule has 0 saturated heterocycles. The topological polar surface area (TPSA) is 81.8 Å². The van der Waals surface area contributed by atoms with E-state index in [1.807, 2.05) is 6.07 Å². The summed E-state index contributed by atoms with van der Waals surface area (Å²) in [5.74, 6) is 0. The van der Waals surface area contributed by atoms with Crippen LogP contribution in [0.1, 0.15) is 5.56 Å². The van der Waals surface area contributed by atoms with E-state index in [1.54, 1.807) is 0 Å². The lowest BCUT2D eigenvalue weighted by Gasteiger charge is -2.01. The lowest BCUT2D eigenvalue weighted by atomic mass is 10.0. The van der Waals surface area contributed by atoms with Gasteiger partial charge in [-0.2, -0.15) is 0 Å². The molecule has 0 aliphatic rings. The molecule has 19 heavy (non-hydrogen) atoms. The molecular formula is C15H14N2O2. The van der Waals surface area contributed by atoms with Crippen molar-refractivity contribution >= 4 is 12.2 Å². The zero-order valence-corrected chi connectivity index (χ0v) is 10.5. The maximum absolute atomic E-state index is 8.35. The second-order valence-corrected chi connectivity index (χ2v) is 3.44. The Morgan fingerprint density at radius 3 is 1.74 bits per heavy atom. The molecule has 0 bridgehead atoms. The van der Waals surface area contributed by atoms with Crippen LogP contribution < -0.4 is 0 Å². The summed E-state index contributed by atoms with van der Waals surface area (Å²) in [6, 6.07) is 19.0. The normalized spacial score (nSPS) is 7.63. The number of hydrogen-bond donors (Lipinski definition) is 2. The Hall–Kier alpha value is -2.80. The van der Waals surface area contributed by atoms with Crippen molar-refractivity contribution in [2.75, 3.05) is 0 Å². The highest BCUT2D eigenvalue weighted by atomic mass is 16.1. The highest BCUT2D eigenvalue weighted by Gasteiger charge is 1.94. The Morgan fingerprint density at radius 1 is 0.789 bits per heavy atom. The zero-order valence-electron chi connectivity index (χ0n) is 10.5. The van der Waals surface area contributed by atoms with E-state index in [-0.39, 0.29) is 0 Å². The van der Waals surface area contributed by atoms with Gasteiger partial charge in [0.1, 0.15) is 0 Å². The second kappa shape index (κ2) is 10.4. The van der Waals surface area contributed by atoms with Crippen LogP contribution >= 0.6 is 0 Å². The van der Waals surface area contributed by atoms with E-state index >= 15 is 0 Å². The molecule has 0 saturated carbocycles. The average Bonchev–Trinajstić information content (AvgIpc) is 2.42. The molecule has 0 amide bonds. The third-order valence-electron chi connectivity index (χ3n) is 2.13. The van der Waals surface area contributed by atoms with E-state index in [0.717, 1.165) is 12.2 Å². The molecule has 0 aromatic heterocycles. The van der Waals surface area contributed by atoms with Gasteiger partial charge in [0.25, 0.3) is 0 Å². The summed E-state index contributed by atoms with van der Waals surface area (Å²) in [6.45, 7) is 2.12. The van der Waals surface area contributed by atoms with E-state index in [1.165, 1.54) is 16.7 Å². The highest BCUT2D eigenvalue weighted by Crippen LogP contribution is 2.19. The molecule has 0 spiro atoms. The van der Waals surface area contributed by atoms with Crippen LogP contribution in [0.25, 0.3) is 11.1 Å². The zero-order chi connectivity index (χ0) is 14.5. The molecule has 0 aliphatic carbocycles. The number of carbonyl (C=O) groups excluding carboxylic acids is 2. The van der Waals surface area contributed by atoms with Crippen molar-refractivity contribution in [3.63, 3.8) is 0 Å². The summed E-state index contributed by atoms with van der Waals surface area (Å²) in [5, 5.41) is 10.8. The molecule has 4 heteroatoms. The summed E-state index contributed by atoms with van der Waals surface area (Å²) < 4.78 is 0. The van der Waals surface area contributed by atoms with Gasteiger partial charge in [-0.3, -0.25) is 0 Å². The summed E-state index contributed by atoms with van der Waals surface area (Å²) in [5.41, 5.74) is 3.88. The van der Waals surface area contributed by atoms with E-state index in [2.05, 4.69) is 55.5 Å². The molecule has 0 radical (unpaired) electrons. The van der Waals surface area contributed by atoms with Crippen molar-refractivity contribution in [1.82, 2.24) is 0 Å². The van der Waals surface area contributed by atoms with Gasteiger partial charge in [0.15, 0.2) is 0 Å². The minimum Gasteiger partial charge on any atom is -0.222 e. The minimum atomic E-state index is 0.750. The highest BCUT2D eigenvalue weighted by molar-refractivity contribution is 5.63. The number of rotatable bonds is 1. The van der Waals surface area contributed by atoms with Crippen LogP contribution in [0.2, 0.25) is 0 Å². The van der Waals surface area contributed by atoms with Gasteiger partial charge in [0.2, 0.25) is 12.2 Å². The van der Waals surface area contributed by atoms with Gasteiger partial charge in [-0.05, 0) is 18.1 Å². The molecule has 2 aromatic rings. The summed E-state index contributed by atoms with van der Waals surface area (Å²) in [6.07, 6.45) is 1.50. The quantitative estimate of drug-likeness (QED) is 0.603. The molecule has 0 atom stereocenters. The molecule has 2 N–H and O–H groups in total. The molecule has 2 rings (SSSR count). The van der Waals surface area contributed by atoms with Crippen LogP contribution in [0.3, 0.4) is 0 Å². The number of aryl methyl sites for hydroxylation is 1. The van der Waals surface area contributed by atoms with Gasteiger partial charge >= 0.3 is 0 Å².